The van der Waals surface area contributed by atoms with Gasteiger partial charge in [0.25, 0.3) is 0 Å². The van der Waals surface area contributed by atoms with Crippen LogP contribution in [-0.2, 0) is 0 Å². The fourth-order valence-corrected chi connectivity index (χ4v) is 2.43. The van der Waals surface area contributed by atoms with E-state index >= 15 is 0 Å². The Kier molecular flexibility index (Phi) is 5.78. The molecule has 0 bridgehead atoms. The van der Waals surface area contributed by atoms with Gasteiger partial charge in [0.2, 0.25) is 0 Å². The van der Waals surface area contributed by atoms with Crippen LogP contribution >= 0.6 is 0 Å². The maximum Gasteiger partial charge on any atom is 0.0510 e. The topological polar surface area (TPSA) is 12.9 Å². The van der Waals surface area contributed by atoms with Crippen LogP contribution in [0, 0.1) is 5.92 Å². The number of aromatic nitrogens is 1. The van der Waals surface area contributed by atoms with Gasteiger partial charge in [-0.1, -0.05) is 53.7 Å². The quantitative estimate of drug-likeness (QED) is 0.653. The summed E-state index contributed by atoms with van der Waals surface area (Å²) >= 11 is 0. The third-order valence-electron chi connectivity index (χ3n) is 3.86. The molecule has 0 spiro atoms. The molecule has 0 aromatic carbocycles. The summed E-state index contributed by atoms with van der Waals surface area (Å²) in [6.07, 6.45) is 3.37. The highest BCUT2D eigenvalue weighted by atomic mass is 14.7. The molecule has 0 radical (unpaired) electrons. The summed E-state index contributed by atoms with van der Waals surface area (Å²) in [5, 5.41) is 0. The van der Waals surface area contributed by atoms with Crippen molar-refractivity contribution in [1.29, 1.82) is 0 Å². The van der Waals surface area contributed by atoms with E-state index < -0.39 is 0 Å². The van der Waals surface area contributed by atoms with E-state index in [9.17, 15) is 0 Å². The Morgan fingerprint density at radius 1 is 1.16 bits per heavy atom. The maximum absolute atomic E-state index is 4.95. The van der Waals surface area contributed by atoms with E-state index in [2.05, 4.69) is 66.7 Å². The van der Waals surface area contributed by atoms with Crippen LogP contribution in [0.25, 0.3) is 5.57 Å². The summed E-state index contributed by atoms with van der Waals surface area (Å²) < 4.78 is 0. The van der Waals surface area contributed by atoms with Crippen molar-refractivity contribution in [2.24, 2.45) is 5.92 Å². The van der Waals surface area contributed by atoms with Crippen LogP contribution in [0.2, 0.25) is 0 Å². The van der Waals surface area contributed by atoms with Crippen molar-refractivity contribution < 1.29 is 0 Å². The third-order valence-corrected chi connectivity index (χ3v) is 3.86. The maximum atomic E-state index is 4.95. The average Bonchev–Trinajstić information content (AvgIpc) is 2.38. The van der Waals surface area contributed by atoms with Gasteiger partial charge in [0, 0.05) is 5.69 Å². The zero-order valence-corrected chi connectivity index (χ0v) is 13.6. The summed E-state index contributed by atoms with van der Waals surface area (Å²) in [5.41, 5.74) is 5.24. The molecule has 0 fully saturated rings. The minimum Gasteiger partial charge on any atom is -0.257 e. The Bertz CT molecular complexity index is 441. The first-order valence-electron chi connectivity index (χ1n) is 7.59. The SMILES string of the molecule is C/C=C(\c1ccc(C(C)C)nc1C(C)CC)C(C)C. The molecule has 1 heteroatoms. The van der Waals surface area contributed by atoms with Crippen LogP contribution in [0.15, 0.2) is 18.2 Å². The highest BCUT2D eigenvalue weighted by Crippen LogP contribution is 2.31. The van der Waals surface area contributed by atoms with E-state index in [1.165, 1.54) is 22.5 Å². The van der Waals surface area contributed by atoms with Crippen LogP contribution in [0.4, 0.5) is 0 Å². The summed E-state index contributed by atoms with van der Waals surface area (Å²) in [7, 11) is 0. The van der Waals surface area contributed by atoms with Crippen molar-refractivity contribution in [3.05, 3.63) is 35.2 Å². The minimum absolute atomic E-state index is 0.491. The van der Waals surface area contributed by atoms with Crippen LogP contribution < -0.4 is 0 Å². The molecular formula is C18H29N. The van der Waals surface area contributed by atoms with Crippen LogP contribution in [-0.4, -0.2) is 4.98 Å². The molecule has 0 saturated heterocycles. The largest absolute Gasteiger partial charge is 0.257 e. The molecule has 0 aliphatic heterocycles. The molecule has 0 aliphatic rings. The van der Waals surface area contributed by atoms with Gasteiger partial charge in [0.05, 0.1) is 5.69 Å². The zero-order valence-electron chi connectivity index (χ0n) is 13.6. The van der Waals surface area contributed by atoms with Crippen molar-refractivity contribution in [2.75, 3.05) is 0 Å². The second kappa shape index (κ2) is 6.88. The lowest BCUT2D eigenvalue weighted by Gasteiger charge is -2.20. The summed E-state index contributed by atoms with van der Waals surface area (Å²) in [6, 6.07) is 4.47. The first-order valence-corrected chi connectivity index (χ1v) is 7.59. The second-order valence-electron chi connectivity index (χ2n) is 6.03. The fourth-order valence-electron chi connectivity index (χ4n) is 2.43. The Labute approximate surface area is 119 Å². The number of rotatable bonds is 5. The Hall–Kier alpha value is -1.11. The predicted molar refractivity (Wildman–Crippen MR) is 85.5 cm³/mol. The van der Waals surface area contributed by atoms with E-state index in [0.29, 0.717) is 17.8 Å². The Balaban J connectivity index is 3.39. The van der Waals surface area contributed by atoms with Gasteiger partial charge in [-0.25, -0.2) is 0 Å². The second-order valence-corrected chi connectivity index (χ2v) is 6.03. The van der Waals surface area contributed by atoms with E-state index in [4.69, 9.17) is 4.98 Å². The number of hydrogen-bond donors (Lipinski definition) is 0. The van der Waals surface area contributed by atoms with Gasteiger partial charge in [-0.2, -0.15) is 0 Å². The number of nitrogens with zero attached hydrogens (tertiary/aromatic N) is 1. The molecule has 0 N–H and O–H groups in total. The van der Waals surface area contributed by atoms with Crippen molar-refractivity contribution in [3.8, 4) is 0 Å². The van der Waals surface area contributed by atoms with Crippen molar-refractivity contribution in [3.63, 3.8) is 0 Å². The zero-order chi connectivity index (χ0) is 14.6. The fraction of sp³-hybridized carbons (Fsp3) is 0.611. The van der Waals surface area contributed by atoms with Crippen LogP contribution in [0.5, 0.6) is 0 Å². The van der Waals surface area contributed by atoms with Crippen molar-refractivity contribution >= 4 is 5.57 Å². The number of hydrogen-bond acceptors (Lipinski definition) is 1. The van der Waals surface area contributed by atoms with Gasteiger partial charge in [-0.3, -0.25) is 4.98 Å². The molecule has 0 saturated carbocycles. The third kappa shape index (κ3) is 3.68. The normalized spacial score (nSPS) is 14.3. The lowest BCUT2D eigenvalue weighted by atomic mass is 9.88. The molecule has 106 valence electrons. The molecule has 19 heavy (non-hydrogen) atoms. The number of pyridine rings is 1. The molecule has 1 atom stereocenters. The smallest absolute Gasteiger partial charge is 0.0510 e. The van der Waals surface area contributed by atoms with Gasteiger partial charge in [-0.15, -0.1) is 0 Å². The van der Waals surface area contributed by atoms with Crippen molar-refractivity contribution in [2.45, 2.75) is 66.7 Å². The molecule has 1 nitrogen and oxygen atoms in total. The molecule has 0 amide bonds. The standard InChI is InChI=1S/C18H29N/c1-8-14(7)18-16(15(9-2)12(3)4)10-11-17(19-18)13(5)6/h9-14H,8H2,1-7H3/b15-9-. The Morgan fingerprint density at radius 2 is 1.79 bits per heavy atom. The molecule has 1 aromatic heterocycles. The monoisotopic (exact) mass is 259 g/mol. The highest BCUT2D eigenvalue weighted by Gasteiger charge is 2.17. The van der Waals surface area contributed by atoms with Gasteiger partial charge in [0.1, 0.15) is 0 Å². The average molecular weight is 259 g/mol. The minimum atomic E-state index is 0.491. The van der Waals surface area contributed by atoms with Crippen molar-refractivity contribution in [1.82, 2.24) is 4.98 Å². The van der Waals surface area contributed by atoms with Crippen LogP contribution in [0.1, 0.15) is 83.7 Å². The summed E-state index contributed by atoms with van der Waals surface area (Å²) in [6.45, 7) is 15.6. The lowest BCUT2D eigenvalue weighted by Crippen LogP contribution is -2.07. The van der Waals surface area contributed by atoms with Gasteiger partial charge in [0.15, 0.2) is 0 Å². The van der Waals surface area contributed by atoms with E-state index in [0.717, 1.165) is 6.42 Å². The van der Waals surface area contributed by atoms with E-state index in [-0.39, 0.29) is 0 Å². The van der Waals surface area contributed by atoms with Gasteiger partial charge >= 0.3 is 0 Å². The van der Waals surface area contributed by atoms with Gasteiger partial charge < -0.3 is 0 Å². The predicted octanol–water partition coefficient (Wildman–Crippen LogP) is 5.78. The van der Waals surface area contributed by atoms with E-state index in [1.807, 2.05) is 0 Å². The molecule has 1 aromatic rings. The van der Waals surface area contributed by atoms with Gasteiger partial charge in [-0.05, 0) is 48.3 Å². The molecule has 1 rings (SSSR count). The molecular weight excluding hydrogens is 230 g/mol. The van der Waals surface area contributed by atoms with Crippen LogP contribution in [0.3, 0.4) is 0 Å². The first-order chi connectivity index (χ1) is 8.92. The molecule has 0 aliphatic carbocycles. The summed E-state index contributed by atoms with van der Waals surface area (Å²) in [4.78, 5) is 4.95. The molecule has 1 heterocycles. The number of allylic oxidation sites excluding steroid dienone is 2. The lowest BCUT2D eigenvalue weighted by molar-refractivity contribution is 0.686. The first kappa shape index (κ1) is 15.9. The molecule has 1 unspecified atom stereocenters. The summed E-state index contributed by atoms with van der Waals surface area (Å²) in [5.74, 6) is 1.55. The highest BCUT2D eigenvalue weighted by molar-refractivity contribution is 5.69. The van der Waals surface area contributed by atoms with E-state index in [1.54, 1.807) is 0 Å². The Morgan fingerprint density at radius 3 is 2.21 bits per heavy atom.